The molecular weight excluding hydrogens is 340 g/mol. The van der Waals surface area contributed by atoms with Gasteiger partial charge >= 0.3 is 6.09 Å². The van der Waals surface area contributed by atoms with Gasteiger partial charge in [-0.1, -0.05) is 18.7 Å². The molecule has 1 aromatic heterocycles. The van der Waals surface area contributed by atoms with E-state index < -0.39 is 22.3 Å². The van der Waals surface area contributed by atoms with Crippen molar-refractivity contribution in [3.05, 3.63) is 35.9 Å². The molecule has 0 unspecified atom stereocenters. The van der Waals surface area contributed by atoms with Crippen molar-refractivity contribution < 1.29 is 22.1 Å². The van der Waals surface area contributed by atoms with Crippen LogP contribution in [0.1, 0.15) is 12.1 Å². The van der Waals surface area contributed by atoms with Gasteiger partial charge in [0.05, 0.1) is 30.6 Å². The third kappa shape index (κ3) is 5.45. The first-order valence-electron chi connectivity index (χ1n) is 6.90. The first-order chi connectivity index (χ1) is 10.9. The Balaban J connectivity index is 2.10. The lowest BCUT2D eigenvalue weighted by molar-refractivity contribution is 0.109. The van der Waals surface area contributed by atoms with Gasteiger partial charge in [-0.15, -0.1) is 0 Å². The molecule has 23 heavy (non-hydrogen) atoms. The molecule has 9 heteroatoms. The second-order valence-corrected chi connectivity index (χ2v) is 7.29. The van der Waals surface area contributed by atoms with Crippen LogP contribution < -0.4 is 0 Å². The van der Waals surface area contributed by atoms with Crippen LogP contribution in [0.15, 0.2) is 30.2 Å². The average molecular weight is 358 g/mol. The summed E-state index contributed by atoms with van der Waals surface area (Å²) in [7, 11) is -3.58. The number of likely N-dealkylation sites (tertiary alicyclic amines) is 1. The molecule has 0 bridgehead atoms. The standard InChI is InChI=1S/C14H18N2O5S2/c1-3-7-20-14(17)16-10-13(21-23(2,18)19)9-12(16)5-4-11-6-8-22-15-11/h3-6,8,12-13H,1,7,9-10H2,2H3/b5-4+/t12-,13-/m1/s1. The lowest BCUT2D eigenvalue weighted by Gasteiger charge is -2.20. The molecule has 0 radical (unpaired) electrons. The number of hydrogen-bond acceptors (Lipinski definition) is 7. The number of amides is 1. The van der Waals surface area contributed by atoms with Gasteiger partial charge in [0.25, 0.3) is 10.1 Å². The number of nitrogens with zero attached hydrogens (tertiary/aromatic N) is 2. The second-order valence-electron chi connectivity index (χ2n) is 5.03. The molecule has 126 valence electrons. The minimum Gasteiger partial charge on any atom is -0.445 e. The van der Waals surface area contributed by atoms with E-state index in [4.69, 9.17) is 8.92 Å². The van der Waals surface area contributed by atoms with Crippen LogP contribution in [0.2, 0.25) is 0 Å². The van der Waals surface area contributed by atoms with Crippen molar-refractivity contribution >= 4 is 33.8 Å². The van der Waals surface area contributed by atoms with Crippen molar-refractivity contribution in [2.75, 3.05) is 19.4 Å². The number of carbonyl (C=O) groups excluding carboxylic acids is 1. The van der Waals surface area contributed by atoms with Crippen LogP contribution in [0.3, 0.4) is 0 Å². The van der Waals surface area contributed by atoms with Crippen LogP contribution in [-0.4, -0.2) is 55.3 Å². The lowest BCUT2D eigenvalue weighted by atomic mass is 10.2. The molecule has 0 saturated carbocycles. The normalized spacial score (nSPS) is 21.7. The van der Waals surface area contributed by atoms with Crippen LogP contribution in [0.5, 0.6) is 0 Å². The Morgan fingerprint density at radius 2 is 2.39 bits per heavy atom. The molecule has 1 saturated heterocycles. The van der Waals surface area contributed by atoms with Gasteiger partial charge in [-0.3, -0.25) is 9.08 Å². The monoisotopic (exact) mass is 358 g/mol. The smallest absolute Gasteiger partial charge is 0.410 e. The summed E-state index contributed by atoms with van der Waals surface area (Å²) in [6.45, 7) is 3.73. The predicted octanol–water partition coefficient (Wildman–Crippen LogP) is 1.90. The molecular formula is C14H18N2O5S2. The number of ether oxygens (including phenoxy) is 1. The first kappa shape index (κ1) is 17.6. The van der Waals surface area contributed by atoms with Gasteiger partial charge in [0.2, 0.25) is 0 Å². The zero-order valence-corrected chi connectivity index (χ0v) is 14.3. The fourth-order valence-corrected chi connectivity index (χ4v) is 3.40. The predicted molar refractivity (Wildman–Crippen MR) is 87.5 cm³/mol. The third-order valence-corrected chi connectivity index (χ3v) is 4.32. The molecule has 0 aliphatic carbocycles. The van der Waals surface area contributed by atoms with Crippen molar-refractivity contribution in [1.82, 2.24) is 9.27 Å². The third-order valence-electron chi connectivity index (χ3n) is 3.12. The zero-order valence-electron chi connectivity index (χ0n) is 12.6. The van der Waals surface area contributed by atoms with E-state index in [1.54, 1.807) is 12.2 Å². The highest BCUT2D eigenvalue weighted by Crippen LogP contribution is 2.24. The van der Waals surface area contributed by atoms with Gasteiger partial charge in [-0.25, -0.2) is 4.79 Å². The molecule has 2 heterocycles. The molecule has 1 aliphatic heterocycles. The molecule has 0 aromatic carbocycles. The lowest BCUT2D eigenvalue weighted by Crippen LogP contribution is -2.35. The van der Waals surface area contributed by atoms with Gasteiger partial charge in [-0.05, 0) is 23.7 Å². The van der Waals surface area contributed by atoms with Crippen LogP contribution in [0.25, 0.3) is 6.08 Å². The van der Waals surface area contributed by atoms with Crippen LogP contribution in [0.4, 0.5) is 4.79 Å². The molecule has 2 rings (SSSR count). The highest BCUT2D eigenvalue weighted by atomic mass is 32.2. The summed E-state index contributed by atoms with van der Waals surface area (Å²) in [5, 5.41) is 1.85. The van der Waals surface area contributed by atoms with Crippen molar-refractivity contribution in [1.29, 1.82) is 0 Å². The fourth-order valence-electron chi connectivity index (χ4n) is 2.27. The summed E-state index contributed by atoms with van der Waals surface area (Å²) in [5.41, 5.74) is 0.780. The number of aromatic nitrogens is 1. The van der Waals surface area contributed by atoms with Crippen molar-refractivity contribution in [3.63, 3.8) is 0 Å². The second kappa shape index (κ2) is 7.71. The highest BCUT2D eigenvalue weighted by molar-refractivity contribution is 7.86. The maximum Gasteiger partial charge on any atom is 0.410 e. The average Bonchev–Trinajstić information content (AvgIpc) is 3.10. The summed E-state index contributed by atoms with van der Waals surface area (Å²) in [5.74, 6) is 0. The molecule has 0 N–H and O–H groups in total. The van der Waals surface area contributed by atoms with Crippen LogP contribution >= 0.6 is 11.5 Å². The summed E-state index contributed by atoms with van der Waals surface area (Å²) < 4.78 is 36.8. The van der Waals surface area contributed by atoms with Crippen molar-refractivity contribution in [2.45, 2.75) is 18.6 Å². The molecule has 1 amide bonds. The van der Waals surface area contributed by atoms with Crippen molar-refractivity contribution in [3.8, 4) is 0 Å². The van der Waals surface area contributed by atoms with E-state index in [9.17, 15) is 13.2 Å². The van der Waals surface area contributed by atoms with E-state index in [0.717, 1.165) is 11.9 Å². The Morgan fingerprint density at radius 3 is 3.00 bits per heavy atom. The molecule has 1 aromatic rings. The topological polar surface area (TPSA) is 85.8 Å². The van der Waals surface area contributed by atoms with E-state index in [2.05, 4.69) is 11.0 Å². The maximum atomic E-state index is 12.1. The molecule has 2 atom stereocenters. The summed E-state index contributed by atoms with van der Waals surface area (Å²) in [4.78, 5) is 13.5. The number of hydrogen-bond donors (Lipinski definition) is 0. The Labute approximate surface area is 139 Å². The fraction of sp³-hybridized carbons (Fsp3) is 0.429. The SMILES string of the molecule is C=CCOC(=O)N1C[C@H](OS(C)(=O)=O)C[C@H]1/C=C/c1ccsn1. The van der Waals surface area contributed by atoms with Crippen LogP contribution in [0, 0.1) is 0 Å². The minimum atomic E-state index is -3.58. The summed E-state index contributed by atoms with van der Waals surface area (Å²) >= 11 is 1.33. The van der Waals surface area contributed by atoms with E-state index in [-0.39, 0.29) is 19.2 Å². The summed E-state index contributed by atoms with van der Waals surface area (Å²) in [6, 6.07) is 1.53. The van der Waals surface area contributed by atoms with Crippen LogP contribution in [-0.2, 0) is 19.0 Å². The summed E-state index contributed by atoms with van der Waals surface area (Å²) in [6.07, 6.45) is 5.30. The van der Waals surface area contributed by atoms with Gasteiger partial charge in [-0.2, -0.15) is 12.8 Å². The number of rotatable bonds is 6. The van der Waals surface area contributed by atoms with E-state index >= 15 is 0 Å². The Bertz CT molecular complexity index is 669. The van der Waals surface area contributed by atoms with Gasteiger partial charge in [0.1, 0.15) is 6.61 Å². The molecule has 1 fully saturated rings. The van der Waals surface area contributed by atoms with Gasteiger partial charge in [0, 0.05) is 11.8 Å². The highest BCUT2D eigenvalue weighted by Gasteiger charge is 2.37. The minimum absolute atomic E-state index is 0.0927. The van der Waals surface area contributed by atoms with Gasteiger partial charge < -0.3 is 4.74 Å². The van der Waals surface area contributed by atoms with E-state index in [1.807, 2.05) is 11.4 Å². The van der Waals surface area contributed by atoms with Gasteiger partial charge in [0.15, 0.2) is 0 Å². The quantitative estimate of drug-likeness (QED) is 0.570. The Morgan fingerprint density at radius 1 is 1.61 bits per heavy atom. The molecule has 7 nitrogen and oxygen atoms in total. The molecule has 0 spiro atoms. The molecule has 1 aliphatic rings. The zero-order chi connectivity index (χ0) is 16.9. The van der Waals surface area contributed by atoms with Crippen molar-refractivity contribution in [2.24, 2.45) is 0 Å². The largest absolute Gasteiger partial charge is 0.445 e. The Kier molecular flexibility index (Phi) is 5.91. The number of carbonyl (C=O) groups is 1. The van der Waals surface area contributed by atoms with E-state index in [1.165, 1.54) is 22.5 Å². The maximum absolute atomic E-state index is 12.1. The Hall–Kier alpha value is -1.71. The first-order valence-corrected chi connectivity index (χ1v) is 9.55. The van der Waals surface area contributed by atoms with E-state index in [0.29, 0.717) is 6.42 Å².